The fraction of sp³-hybridized carbons (Fsp3) is 0.381. The molecule has 26 heavy (non-hydrogen) atoms. The van der Waals surface area contributed by atoms with Crippen molar-refractivity contribution >= 4 is 17.7 Å². The van der Waals surface area contributed by atoms with Crippen molar-refractivity contribution in [1.82, 2.24) is 5.32 Å². The van der Waals surface area contributed by atoms with Gasteiger partial charge < -0.3 is 14.8 Å². The molecule has 0 aliphatic heterocycles. The van der Waals surface area contributed by atoms with Gasteiger partial charge in [0.25, 0.3) is 5.91 Å². The zero-order valence-electron chi connectivity index (χ0n) is 15.7. The summed E-state index contributed by atoms with van der Waals surface area (Å²) in [6.45, 7) is 4.66. The number of ether oxygens (including phenoxy) is 2. The van der Waals surface area contributed by atoms with Crippen molar-refractivity contribution in [1.29, 1.82) is 0 Å². The van der Waals surface area contributed by atoms with Gasteiger partial charge in [-0.25, -0.2) is 0 Å². The van der Waals surface area contributed by atoms with Gasteiger partial charge in [0.2, 0.25) is 0 Å². The van der Waals surface area contributed by atoms with Gasteiger partial charge in [0.1, 0.15) is 11.5 Å². The van der Waals surface area contributed by atoms with Crippen molar-refractivity contribution in [2.24, 2.45) is 0 Å². The Morgan fingerprint density at radius 1 is 1.15 bits per heavy atom. The Balaban J connectivity index is 1.71. The molecule has 1 N–H and O–H groups in total. The third-order valence-electron chi connectivity index (χ3n) is 3.92. The number of nitrogens with one attached hydrogen (secondary N) is 1. The highest BCUT2D eigenvalue weighted by Gasteiger charge is 2.18. The molecule has 0 bridgehead atoms. The molecule has 2 aromatic carbocycles. The zero-order chi connectivity index (χ0) is 18.8. The predicted octanol–water partition coefficient (Wildman–Crippen LogP) is 4.21. The minimum Gasteiger partial charge on any atom is -0.497 e. The Morgan fingerprint density at radius 3 is 2.58 bits per heavy atom. The van der Waals surface area contributed by atoms with Gasteiger partial charge in [0.05, 0.1) is 7.11 Å². The van der Waals surface area contributed by atoms with E-state index in [0.717, 1.165) is 11.5 Å². The summed E-state index contributed by atoms with van der Waals surface area (Å²) in [5.74, 6) is 3.10. The number of methoxy groups -OCH3 is 1. The van der Waals surface area contributed by atoms with E-state index in [2.05, 4.69) is 36.5 Å². The number of hydrogen-bond donors (Lipinski definition) is 1. The molecule has 2 aromatic rings. The topological polar surface area (TPSA) is 47.6 Å². The van der Waals surface area contributed by atoms with Gasteiger partial charge in [-0.3, -0.25) is 4.79 Å². The maximum absolute atomic E-state index is 12.3. The van der Waals surface area contributed by atoms with Crippen LogP contribution in [0.15, 0.2) is 48.5 Å². The van der Waals surface area contributed by atoms with Gasteiger partial charge in [0.15, 0.2) is 6.10 Å². The van der Waals surface area contributed by atoms with Crippen molar-refractivity contribution in [3.63, 3.8) is 0 Å². The number of amides is 1. The second-order valence-electron chi connectivity index (χ2n) is 6.02. The van der Waals surface area contributed by atoms with E-state index in [-0.39, 0.29) is 5.91 Å². The summed E-state index contributed by atoms with van der Waals surface area (Å²) in [4.78, 5) is 12.3. The van der Waals surface area contributed by atoms with E-state index in [4.69, 9.17) is 9.47 Å². The molecule has 2 rings (SSSR count). The minimum absolute atomic E-state index is 0.0775. The fourth-order valence-corrected chi connectivity index (χ4v) is 3.21. The van der Waals surface area contributed by atoms with Gasteiger partial charge in [-0.2, -0.15) is 11.8 Å². The Kier molecular flexibility index (Phi) is 8.35. The molecule has 140 valence electrons. The summed E-state index contributed by atoms with van der Waals surface area (Å²) in [7, 11) is 1.61. The number of benzene rings is 2. The summed E-state index contributed by atoms with van der Waals surface area (Å²) < 4.78 is 11.0. The van der Waals surface area contributed by atoms with Crippen LogP contribution < -0.4 is 14.8 Å². The van der Waals surface area contributed by atoms with Crippen molar-refractivity contribution in [2.45, 2.75) is 32.1 Å². The average Bonchev–Trinajstić information content (AvgIpc) is 2.67. The van der Waals surface area contributed by atoms with Crippen LogP contribution in [0.1, 0.15) is 24.5 Å². The Hall–Kier alpha value is -2.14. The van der Waals surface area contributed by atoms with Crippen molar-refractivity contribution < 1.29 is 14.3 Å². The molecule has 0 saturated carbocycles. The van der Waals surface area contributed by atoms with Crippen LogP contribution in [-0.4, -0.2) is 31.4 Å². The second kappa shape index (κ2) is 10.8. The number of carbonyl (C=O) groups is 1. The lowest BCUT2D eigenvalue weighted by atomic mass is 10.2. The Bertz CT molecular complexity index is 688. The van der Waals surface area contributed by atoms with E-state index in [1.54, 1.807) is 13.2 Å². The molecule has 0 heterocycles. The second-order valence-corrected chi connectivity index (χ2v) is 7.13. The Labute approximate surface area is 160 Å². The third kappa shape index (κ3) is 6.64. The normalized spacial score (nSPS) is 11.7. The van der Waals surface area contributed by atoms with E-state index in [9.17, 15) is 4.79 Å². The number of carbonyl (C=O) groups excluding carboxylic acids is 1. The van der Waals surface area contributed by atoms with Crippen LogP contribution in [-0.2, 0) is 10.5 Å². The number of thioether (sulfide) groups is 1. The average molecular weight is 374 g/mol. The zero-order valence-corrected chi connectivity index (χ0v) is 16.5. The van der Waals surface area contributed by atoms with E-state index in [0.29, 0.717) is 24.5 Å². The first-order valence-electron chi connectivity index (χ1n) is 8.84. The first kappa shape index (κ1) is 20.2. The van der Waals surface area contributed by atoms with Crippen LogP contribution in [0.2, 0.25) is 0 Å². The molecule has 0 fully saturated rings. The standard InChI is InChI=1S/C21H27NO3S/c1-4-20(25-19-7-5-6-18(14-19)24-3)21(23)22-12-13-26-15-17-10-8-16(2)9-11-17/h5-11,14,20H,4,12-13,15H2,1-3H3,(H,22,23)/t20-/m0/s1. The van der Waals surface area contributed by atoms with Crippen LogP contribution in [0.3, 0.4) is 0 Å². The molecule has 0 saturated heterocycles. The molecule has 0 unspecified atom stereocenters. The van der Waals surface area contributed by atoms with E-state index in [1.165, 1.54) is 11.1 Å². The molecular weight excluding hydrogens is 346 g/mol. The quantitative estimate of drug-likeness (QED) is 0.634. The third-order valence-corrected chi connectivity index (χ3v) is 4.95. The lowest BCUT2D eigenvalue weighted by Gasteiger charge is -2.17. The van der Waals surface area contributed by atoms with Gasteiger partial charge in [-0.15, -0.1) is 0 Å². The number of rotatable bonds is 10. The molecule has 0 aliphatic carbocycles. The van der Waals surface area contributed by atoms with Crippen LogP contribution in [0, 0.1) is 6.92 Å². The molecule has 5 heteroatoms. The van der Waals surface area contributed by atoms with E-state index < -0.39 is 6.10 Å². The number of aryl methyl sites for hydroxylation is 1. The summed E-state index contributed by atoms with van der Waals surface area (Å²) in [6.07, 6.45) is 0.115. The molecular formula is C21H27NO3S. The van der Waals surface area contributed by atoms with Gasteiger partial charge in [0, 0.05) is 24.1 Å². The Morgan fingerprint density at radius 2 is 1.88 bits per heavy atom. The molecule has 1 atom stereocenters. The largest absolute Gasteiger partial charge is 0.497 e. The highest BCUT2D eigenvalue weighted by molar-refractivity contribution is 7.98. The predicted molar refractivity (Wildman–Crippen MR) is 108 cm³/mol. The van der Waals surface area contributed by atoms with Crippen LogP contribution >= 0.6 is 11.8 Å². The first-order valence-corrected chi connectivity index (χ1v) is 9.99. The van der Waals surface area contributed by atoms with E-state index in [1.807, 2.05) is 36.9 Å². The molecule has 1 amide bonds. The summed E-state index contributed by atoms with van der Waals surface area (Å²) in [5, 5.41) is 2.96. The summed E-state index contributed by atoms with van der Waals surface area (Å²) >= 11 is 1.81. The SMILES string of the molecule is CC[C@H](Oc1cccc(OC)c1)C(=O)NCCSCc1ccc(C)cc1. The first-order chi connectivity index (χ1) is 12.6. The monoisotopic (exact) mass is 373 g/mol. The molecule has 4 nitrogen and oxygen atoms in total. The number of hydrogen-bond acceptors (Lipinski definition) is 4. The van der Waals surface area contributed by atoms with Gasteiger partial charge in [-0.05, 0) is 31.0 Å². The van der Waals surface area contributed by atoms with Crippen LogP contribution in [0.4, 0.5) is 0 Å². The summed E-state index contributed by atoms with van der Waals surface area (Å²) in [5.41, 5.74) is 2.58. The maximum Gasteiger partial charge on any atom is 0.261 e. The van der Waals surface area contributed by atoms with Crippen LogP contribution in [0.5, 0.6) is 11.5 Å². The van der Waals surface area contributed by atoms with Crippen LogP contribution in [0.25, 0.3) is 0 Å². The van der Waals surface area contributed by atoms with Crippen molar-refractivity contribution in [3.8, 4) is 11.5 Å². The van der Waals surface area contributed by atoms with E-state index >= 15 is 0 Å². The van der Waals surface area contributed by atoms with Crippen molar-refractivity contribution in [2.75, 3.05) is 19.4 Å². The smallest absolute Gasteiger partial charge is 0.261 e. The lowest BCUT2D eigenvalue weighted by molar-refractivity contribution is -0.127. The summed E-state index contributed by atoms with van der Waals surface area (Å²) in [6, 6.07) is 15.9. The highest BCUT2D eigenvalue weighted by atomic mass is 32.2. The maximum atomic E-state index is 12.3. The fourth-order valence-electron chi connectivity index (χ4n) is 2.40. The van der Waals surface area contributed by atoms with Crippen molar-refractivity contribution in [3.05, 3.63) is 59.7 Å². The molecule has 0 radical (unpaired) electrons. The van der Waals surface area contributed by atoms with Gasteiger partial charge >= 0.3 is 0 Å². The molecule has 0 aromatic heterocycles. The molecule has 0 spiro atoms. The highest BCUT2D eigenvalue weighted by Crippen LogP contribution is 2.20. The van der Waals surface area contributed by atoms with Gasteiger partial charge in [-0.1, -0.05) is 42.8 Å². The molecule has 0 aliphatic rings. The lowest BCUT2D eigenvalue weighted by Crippen LogP contribution is -2.39. The minimum atomic E-state index is -0.496.